The van der Waals surface area contributed by atoms with E-state index in [0.717, 1.165) is 11.8 Å². The molecule has 1 aliphatic rings. The van der Waals surface area contributed by atoms with Gasteiger partial charge in [-0.15, -0.1) is 0 Å². The SMILES string of the molecule is CC(C)CN(C)CC1CNC1. The van der Waals surface area contributed by atoms with Crippen LogP contribution >= 0.6 is 0 Å². The summed E-state index contributed by atoms with van der Waals surface area (Å²) in [7, 11) is 2.22. The van der Waals surface area contributed by atoms with Crippen molar-refractivity contribution in [1.82, 2.24) is 10.2 Å². The first-order chi connectivity index (χ1) is 5.18. The van der Waals surface area contributed by atoms with Crippen molar-refractivity contribution in [2.24, 2.45) is 11.8 Å². The maximum Gasteiger partial charge on any atom is 0.00310 e. The van der Waals surface area contributed by atoms with Crippen LogP contribution in [-0.2, 0) is 0 Å². The van der Waals surface area contributed by atoms with Gasteiger partial charge in [0.15, 0.2) is 0 Å². The van der Waals surface area contributed by atoms with Crippen molar-refractivity contribution in [3.8, 4) is 0 Å². The second-order valence-corrected chi connectivity index (χ2v) is 4.14. The van der Waals surface area contributed by atoms with Gasteiger partial charge in [0.2, 0.25) is 0 Å². The number of hydrogen-bond donors (Lipinski definition) is 1. The zero-order chi connectivity index (χ0) is 8.27. The fourth-order valence-electron chi connectivity index (χ4n) is 1.62. The van der Waals surface area contributed by atoms with Crippen molar-refractivity contribution in [3.05, 3.63) is 0 Å². The van der Waals surface area contributed by atoms with Crippen LogP contribution in [0, 0.1) is 11.8 Å². The van der Waals surface area contributed by atoms with Gasteiger partial charge in [0.25, 0.3) is 0 Å². The van der Waals surface area contributed by atoms with Crippen LogP contribution in [0.5, 0.6) is 0 Å². The molecule has 1 N–H and O–H groups in total. The highest BCUT2D eigenvalue weighted by Gasteiger charge is 2.18. The van der Waals surface area contributed by atoms with Gasteiger partial charge in [0, 0.05) is 26.2 Å². The molecule has 1 saturated heterocycles. The lowest BCUT2D eigenvalue weighted by Gasteiger charge is -2.31. The Balaban J connectivity index is 2.04. The largest absolute Gasteiger partial charge is 0.316 e. The Kier molecular flexibility index (Phi) is 3.34. The van der Waals surface area contributed by atoms with E-state index in [1.165, 1.54) is 26.2 Å². The molecule has 1 heterocycles. The Morgan fingerprint density at radius 2 is 2.09 bits per heavy atom. The van der Waals surface area contributed by atoms with Gasteiger partial charge in [-0.3, -0.25) is 0 Å². The zero-order valence-electron chi connectivity index (χ0n) is 7.93. The Morgan fingerprint density at radius 3 is 2.45 bits per heavy atom. The van der Waals surface area contributed by atoms with Crippen LogP contribution in [0.4, 0.5) is 0 Å². The van der Waals surface area contributed by atoms with E-state index in [2.05, 4.69) is 31.1 Å². The minimum atomic E-state index is 0.799. The topological polar surface area (TPSA) is 15.3 Å². The first-order valence-electron chi connectivity index (χ1n) is 4.57. The van der Waals surface area contributed by atoms with Gasteiger partial charge in [-0.05, 0) is 18.9 Å². The normalized spacial score (nSPS) is 19.4. The third-order valence-electron chi connectivity index (χ3n) is 2.11. The van der Waals surface area contributed by atoms with E-state index in [1.54, 1.807) is 0 Å². The summed E-state index contributed by atoms with van der Waals surface area (Å²) in [6.45, 7) is 9.50. The van der Waals surface area contributed by atoms with Crippen LogP contribution in [0.25, 0.3) is 0 Å². The van der Waals surface area contributed by atoms with E-state index in [0.29, 0.717) is 0 Å². The Labute approximate surface area is 70.0 Å². The fourth-order valence-corrected chi connectivity index (χ4v) is 1.62. The highest BCUT2D eigenvalue weighted by Crippen LogP contribution is 2.05. The Morgan fingerprint density at radius 1 is 1.45 bits per heavy atom. The molecule has 2 heteroatoms. The van der Waals surface area contributed by atoms with E-state index in [-0.39, 0.29) is 0 Å². The van der Waals surface area contributed by atoms with Gasteiger partial charge in [-0.25, -0.2) is 0 Å². The summed E-state index contributed by atoms with van der Waals surface area (Å²) in [5.41, 5.74) is 0. The van der Waals surface area contributed by atoms with Crippen LogP contribution in [0.15, 0.2) is 0 Å². The lowest BCUT2D eigenvalue weighted by atomic mass is 10.0. The molecule has 0 atom stereocenters. The molecule has 1 aliphatic heterocycles. The Bertz CT molecular complexity index is 108. The van der Waals surface area contributed by atoms with Gasteiger partial charge < -0.3 is 10.2 Å². The molecule has 0 aromatic heterocycles. The molecule has 0 spiro atoms. The zero-order valence-corrected chi connectivity index (χ0v) is 7.93. The highest BCUT2D eigenvalue weighted by molar-refractivity contribution is 4.77. The number of nitrogens with one attached hydrogen (secondary N) is 1. The number of hydrogen-bond acceptors (Lipinski definition) is 2. The average Bonchev–Trinajstić information content (AvgIpc) is 1.77. The van der Waals surface area contributed by atoms with Crippen molar-refractivity contribution in [3.63, 3.8) is 0 Å². The quantitative estimate of drug-likeness (QED) is 0.647. The summed E-state index contributed by atoms with van der Waals surface area (Å²) >= 11 is 0. The molecule has 1 rings (SSSR count). The summed E-state index contributed by atoms with van der Waals surface area (Å²) in [6.07, 6.45) is 0. The summed E-state index contributed by atoms with van der Waals surface area (Å²) in [5, 5.41) is 3.29. The highest BCUT2D eigenvalue weighted by atomic mass is 15.1. The summed E-state index contributed by atoms with van der Waals surface area (Å²) < 4.78 is 0. The van der Waals surface area contributed by atoms with Crippen molar-refractivity contribution in [2.45, 2.75) is 13.8 Å². The van der Waals surface area contributed by atoms with Crippen molar-refractivity contribution in [2.75, 3.05) is 33.2 Å². The minimum Gasteiger partial charge on any atom is -0.316 e. The van der Waals surface area contributed by atoms with Crippen molar-refractivity contribution >= 4 is 0 Å². The standard InChI is InChI=1S/C9H20N2/c1-8(2)6-11(3)7-9-4-10-5-9/h8-10H,4-7H2,1-3H3. The van der Waals surface area contributed by atoms with Gasteiger partial charge in [-0.1, -0.05) is 13.8 Å². The molecule has 0 amide bonds. The van der Waals surface area contributed by atoms with Crippen LogP contribution < -0.4 is 5.32 Å². The molecule has 66 valence electrons. The first kappa shape index (κ1) is 9.01. The molecular weight excluding hydrogens is 136 g/mol. The van der Waals surface area contributed by atoms with Gasteiger partial charge in [0.05, 0.1) is 0 Å². The third kappa shape index (κ3) is 3.21. The van der Waals surface area contributed by atoms with E-state index >= 15 is 0 Å². The van der Waals surface area contributed by atoms with E-state index in [4.69, 9.17) is 0 Å². The number of nitrogens with zero attached hydrogens (tertiary/aromatic N) is 1. The monoisotopic (exact) mass is 156 g/mol. The van der Waals surface area contributed by atoms with Gasteiger partial charge >= 0.3 is 0 Å². The molecule has 0 unspecified atom stereocenters. The predicted molar refractivity (Wildman–Crippen MR) is 48.7 cm³/mol. The van der Waals surface area contributed by atoms with Gasteiger partial charge in [-0.2, -0.15) is 0 Å². The van der Waals surface area contributed by atoms with E-state index < -0.39 is 0 Å². The van der Waals surface area contributed by atoms with E-state index in [1.807, 2.05) is 0 Å². The molecule has 0 aromatic rings. The van der Waals surface area contributed by atoms with Gasteiger partial charge in [0.1, 0.15) is 0 Å². The second-order valence-electron chi connectivity index (χ2n) is 4.14. The molecule has 0 saturated carbocycles. The molecule has 0 aromatic carbocycles. The Hall–Kier alpha value is -0.0800. The fraction of sp³-hybridized carbons (Fsp3) is 1.00. The van der Waals surface area contributed by atoms with Crippen molar-refractivity contribution in [1.29, 1.82) is 0 Å². The van der Waals surface area contributed by atoms with Crippen LogP contribution in [0.3, 0.4) is 0 Å². The molecule has 0 aliphatic carbocycles. The maximum atomic E-state index is 3.29. The lowest BCUT2D eigenvalue weighted by Crippen LogP contribution is -2.47. The summed E-state index contributed by atoms with van der Waals surface area (Å²) in [5.74, 6) is 1.71. The lowest BCUT2D eigenvalue weighted by molar-refractivity contribution is 0.208. The van der Waals surface area contributed by atoms with Crippen molar-refractivity contribution < 1.29 is 0 Å². The van der Waals surface area contributed by atoms with E-state index in [9.17, 15) is 0 Å². The van der Waals surface area contributed by atoms with Crippen LogP contribution in [-0.4, -0.2) is 38.1 Å². The third-order valence-corrected chi connectivity index (χ3v) is 2.11. The number of rotatable bonds is 4. The molecule has 11 heavy (non-hydrogen) atoms. The summed E-state index contributed by atoms with van der Waals surface area (Å²) in [6, 6.07) is 0. The second kappa shape index (κ2) is 4.07. The molecule has 1 fully saturated rings. The molecular formula is C9H20N2. The minimum absolute atomic E-state index is 0.799. The van der Waals surface area contributed by atoms with Crippen LogP contribution in [0.1, 0.15) is 13.8 Å². The maximum absolute atomic E-state index is 3.29. The summed E-state index contributed by atoms with van der Waals surface area (Å²) in [4.78, 5) is 2.44. The smallest absolute Gasteiger partial charge is 0.00310 e. The molecule has 0 radical (unpaired) electrons. The molecule has 2 nitrogen and oxygen atoms in total. The molecule has 0 bridgehead atoms. The first-order valence-corrected chi connectivity index (χ1v) is 4.57. The van der Waals surface area contributed by atoms with Crippen LogP contribution in [0.2, 0.25) is 0 Å². The average molecular weight is 156 g/mol. The predicted octanol–water partition coefficient (Wildman–Crippen LogP) is 0.794.